The third-order valence-corrected chi connectivity index (χ3v) is 2.57. The molecule has 1 aromatic carbocycles. The van der Waals surface area contributed by atoms with E-state index in [2.05, 4.69) is 4.98 Å². The van der Waals surface area contributed by atoms with Crippen molar-refractivity contribution >= 4 is 11.7 Å². The number of aromatic carboxylic acids is 1. The van der Waals surface area contributed by atoms with Crippen molar-refractivity contribution in [2.75, 3.05) is 0 Å². The van der Waals surface area contributed by atoms with Crippen LogP contribution in [0.2, 0.25) is 0 Å². The zero-order chi connectivity index (χ0) is 14.9. The van der Waals surface area contributed by atoms with Crippen molar-refractivity contribution in [3.05, 3.63) is 45.6 Å². The van der Waals surface area contributed by atoms with Crippen LogP contribution >= 0.6 is 0 Å². The molecule has 0 atom stereocenters. The average Bonchev–Trinajstić information content (AvgIpc) is 2.82. The Morgan fingerprint density at radius 1 is 1.50 bits per heavy atom. The summed E-state index contributed by atoms with van der Waals surface area (Å²) in [4.78, 5) is 24.8. The minimum atomic E-state index is -1.30. The number of carboxylic acid groups (broad SMARTS) is 1. The number of hydrogen-bond acceptors (Lipinski definition) is 5. The Labute approximate surface area is 111 Å². The first-order chi connectivity index (χ1) is 9.42. The Kier molecular flexibility index (Phi) is 3.47. The van der Waals surface area contributed by atoms with Gasteiger partial charge in [0.1, 0.15) is 5.82 Å². The van der Waals surface area contributed by atoms with Crippen LogP contribution in [0.4, 0.5) is 10.1 Å². The Balaban J connectivity index is 2.56. The minimum absolute atomic E-state index is 0.0129. The third kappa shape index (κ3) is 2.48. The summed E-state index contributed by atoms with van der Waals surface area (Å²) in [6.07, 6.45) is 0.308. The number of hydrogen-bond donors (Lipinski definition) is 1. The van der Waals surface area contributed by atoms with Crippen molar-refractivity contribution in [2.24, 2.45) is 0 Å². The Morgan fingerprint density at radius 2 is 2.20 bits per heavy atom. The summed E-state index contributed by atoms with van der Waals surface area (Å²) in [5.41, 5.74) is -0.258. The lowest BCUT2D eigenvalue weighted by atomic mass is 10.2. The van der Waals surface area contributed by atoms with E-state index in [9.17, 15) is 19.3 Å². The number of rotatable bonds is 4. The molecule has 8 heteroatoms. The maximum Gasteiger partial charge on any atom is 0.373 e. The molecule has 7 nitrogen and oxygen atoms in total. The molecule has 0 saturated carbocycles. The second-order valence-electron chi connectivity index (χ2n) is 3.91. The monoisotopic (exact) mass is 280 g/mol. The van der Waals surface area contributed by atoms with E-state index in [1.807, 2.05) is 0 Å². The molecular weight excluding hydrogens is 271 g/mol. The van der Waals surface area contributed by atoms with E-state index in [-0.39, 0.29) is 22.9 Å². The molecule has 1 N–H and O–H groups in total. The molecule has 0 radical (unpaired) electrons. The number of benzene rings is 1. The lowest BCUT2D eigenvalue weighted by Crippen LogP contribution is -1.98. The Bertz CT molecular complexity index is 695. The quantitative estimate of drug-likeness (QED) is 0.681. The van der Waals surface area contributed by atoms with E-state index in [4.69, 9.17) is 9.52 Å². The topological polar surface area (TPSA) is 106 Å². The zero-order valence-corrected chi connectivity index (χ0v) is 10.3. The number of halogens is 1. The highest BCUT2D eigenvalue weighted by atomic mass is 19.1. The van der Waals surface area contributed by atoms with Crippen molar-refractivity contribution in [2.45, 2.75) is 13.3 Å². The molecule has 104 valence electrons. The van der Waals surface area contributed by atoms with E-state index in [1.54, 1.807) is 6.92 Å². The molecule has 20 heavy (non-hydrogen) atoms. The van der Waals surface area contributed by atoms with Crippen LogP contribution in [0.5, 0.6) is 0 Å². The molecule has 0 saturated heterocycles. The second kappa shape index (κ2) is 5.08. The van der Waals surface area contributed by atoms with Gasteiger partial charge in [0.15, 0.2) is 0 Å². The highest BCUT2D eigenvalue weighted by molar-refractivity contribution is 5.86. The van der Waals surface area contributed by atoms with Crippen LogP contribution < -0.4 is 0 Å². The second-order valence-corrected chi connectivity index (χ2v) is 3.91. The van der Waals surface area contributed by atoms with Crippen LogP contribution in [0.25, 0.3) is 11.5 Å². The van der Waals surface area contributed by atoms with Gasteiger partial charge in [-0.15, -0.1) is 0 Å². The van der Waals surface area contributed by atoms with E-state index in [0.29, 0.717) is 6.42 Å². The van der Waals surface area contributed by atoms with Crippen LogP contribution in [-0.4, -0.2) is 21.0 Å². The molecule has 0 spiro atoms. The number of nitro benzene ring substituents is 1. The van der Waals surface area contributed by atoms with Crippen molar-refractivity contribution < 1.29 is 23.6 Å². The lowest BCUT2D eigenvalue weighted by molar-refractivity contribution is -0.385. The fraction of sp³-hybridized carbons (Fsp3) is 0.167. The van der Waals surface area contributed by atoms with Gasteiger partial charge in [-0.25, -0.2) is 14.2 Å². The van der Waals surface area contributed by atoms with E-state index in [1.165, 1.54) is 0 Å². The fourth-order valence-corrected chi connectivity index (χ4v) is 1.68. The smallest absolute Gasteiger partial charge is 0.373 e. The maximum absolute atomic E-state index is 13.3. The van der Waals surface area contributed by atoms with Gasteiger partial charge in [-0.05, 0) is 12.5 Å². The van der Waals surface area contributed by atoms with Crippen LogP contribution in [0.15, 0.2) is 22.6 Å². The first kappa shape index (κ1) is 13.7. The van der Waals surface area contributed by atoms with Gasteiger partial charge < -0.3 is 9.52 Å². The normalized spacial score (nSPS) is 10.5. The van der Waals surface area contributed by atoms with E-state index < -0.39 is 22.4 Å². The van der Waals surface area contributed by atoms with E-state index >= 15 is 0 Å². The number of carboxylic acids is 1. The van der Waals surface area contributed by atoms with Crippen molar-refractivity contribution in [1.29, 1.82) is 0 Å². The summed E-state index contributed by atoms with van der Waals surface area (Å²) in [6.45, 7) is 1.68. The SMILES string of the molecule is CCc1nc(-c2cc(F)cc([N+](=O)[O-])c2)oc1C(=O)O. The van der Waals surface area contributed by atoms with Gasteiger partial charge in [0.2, 0.25) is 11.7 Å². The summed E-state index contributed by atoms with van der Waals surface area (Å²) in [5.74, 6) is -2.65. The highest BCUT2D eigenvalue weighted by Gasteiger charge is 2.21. The van der Waals surface area contributed by atoms with Crippen LogP contribution in [0.1, 0.15) is 23.2 Å². The van der Waals surface area contributed by atoms with Gasteiger partial charge in [0.05, 0.1) is 16.7 Å². The van der Waals surface area contributed by atoms with Gasteiger partial charge >= 0.3 is 5.97 Å². The standard InChI is InChI=1S/C12H9FN2O5/c1-2-9-10(12(16)17)20-11(14-9)6-3-7(13)5-8(4-6)15(18)19/h3-5H,2H2,1H3,(H,16,17). The Morgan fingerprint density at radius 3 is 2.70 bits per heavy atom. The number of non-ortho nitro benzene ring substituents is 1. The minimum Gasteiger partial charge on any atom is -0.475 e. The van der Waals surface area contributed by atoms with Crippen molar-refractivity contribution in [3.8, 4) is 11.5 Å². The first-order valence-electron chi connectivity index (χ1n) is 5.60. The van der Waals surface area contributed by atoms with Crippen molar-refractivity contribution in [3.63, 3.8) is 0 Å². The zero-order valence-electron chi connectivity index (χ0n) is 10.3. The number of aromatic nitrogens is 1. The summed E-state index contributed by atoms with van der Waals surface area (Å²) in [7, 11) is 0. The molecule has 1 heterocycles. The molecule has 0 unspecified atom stereocenters. The molecule has 0 aliphatic rings. The number of nitro groups is 1. The summed E-state index contributed by atoms with van der Waals surface area (Å²) < 4.78 is 18.4. The summed E-state index contributed by atoms with van der Waals surface area (Å²) in [6, 6.07) is 2.81. The molecule has 2 rings (SSSR count). The van der Waals surface area contributed by atoms with Gasteiger partial charge in [-0.3, -0.25) is 10.1 Å². The number of nitrogens with zero attached hydrogens (tertiary/aromatic N) is 2. The maximum atomic E-state index is 13.3. The number of oxazole rings is 1. The fourth-order valence-electron chi connectivity index (χ4n) is 1.68. The van der Waals surface area contributed by atoms with Gasteiger partial charge in [0, 0.05) is 11.6 Å². The predicted octanol–water partition coefficient (Wildman–Crippen LogP) is 2.65. The Hall–Kier alpha value is -2.77. The van der Waals surface area contributed by atoms with E-state index in [0.717, 1.165) is 18.2 Å². The predicted molar refractivity (Wildman–Crippen MR) is 64.9 cm³/mol. The third-order valence-electron chi connectivity index (χ3n) is 2.57. The molecule has 0 bridgehead atoms. The first-order valence-corrected chi connectivity index (χ1v) is 5.60. The molecule has 2 aromatic rings. The van der Waals surface area contributed by atoms with Gasteiger partial charge in [-0.1, -0.05) is 6.92 Å². The van der Waals surface area contributed by atoms with Crippen molar-refractivity contribution in [1.82, 2.24) is 4.98 Å². The largest absolute Gasteiger partial charge is 0.475 e. The number of carbonyl (C=O) groups is 1. The summed E-state index contributed by atoms with van der Waals surface area (Å²) >= 11 is 0. The number of aryl methyl sites for hydroxylation is 1. The summed E-state index contributed by atoms with van der Waals surface area (Å²) in [5, 5.41) is 19.6. The molecule has 0 aliphatic carbocycles. The lowest BCUT2D eigenvalue weighted by Gasteiger charge is -1.97. The molecular formula is C12H9FN2O5. The van der Waals surface area contributed by atoms with Gasteiger partial charge in [0.25, 0.3) is 5.69 Å². The molecule has 0 fully saturated rings. The molecule has 0 aliphatic heterocycles. The van der Waals surface area contributed by atoms with Crippen LogP contribution in [0.3, 0.4) is 0 Å². The van der Waals surface area contributed by atoms with Crippen LogP contribution in [-0.2, 0) is 6.42 Å². The highest BCUT2D eigenvalue weighted by Crippen LogP contribution is 2.27. The average molecular weight is 280 g/mol. The molecule has 0 amide bonds. The van der Waals surface area contributed by atoms with Gasteiger partial charge in [-0.2, -0.15) is 0 Å². The molecule has 1 aromatic heterocycles. The van der Waals surface area contributed by atoms with Crippen LogP contribution in [0, 0.1) is 15.9 Å².